The molecule has 4 nitrogen and oxygen atoms in total. The van der Waals surface area contributed by atoms with Crippen LogP contribution in [0.1, 0.15) is 17.5 Å². The van der Waals surface area contributed by atoms with E-state index in [1.807, 2.05) is 12.1 Å². The molecule has 0 aliphatic heterocycles. The summed E-state index contributed by atoms with van der Waals surface area (Å²) in [4.78, 5) is 2.16. The molecule has 0 amide bonds. The van der Waals surface area contributed by atoms with Crippen LogP contribution in [0, 0.1) is 5.82 Å². The van der Waals surface area contributed by atoms with Gasteiger partial charge in [0.1, 0.15) is 12.4 Å². The molecule has 0 bridgehead atoms. The Morgan fingerprint density at radius 2 is 2.04 bits per heavy atom. The Hall–Kier alpha value is -1.34. The molecule has 0 radical (unpaired) electrons. The zero-order valence-corrected chi connectivity index (χ0v) is 18.2. The minimum Gasteiger partial charge on any atom is -0.493 e. The molecule has 0 atom stereocenters. The molecule has 148 valence electrons. The fourth-order valence-corrected chi connectivity index (χ4v) is 3.40. The molecule has 27 heavy (non-hydrogen) atoms. The topological polar surface area (TPSA) is 33.7 Å². The molecule has 0 unspecified atom stereocenters. The minimum atomic E-state index is -0.392. The Balaban J connectivity index is 2.03. The zero-order chi connectivity index (χ0) is 19.8. The summed E-state index contributed by atoms with van der Waals surface area (Å²) < 4.78 is 26.0. The summed E-state index contributed by atoms with van der Waals surface area (Å²) in [6.07, 6.45) is 1.08. The molecule has 0 aliphatic rings. The van der Waals surface area contributed by atoms with Gasteiger partial charge in [-0.25, -0.2) is 4.39 Å². The van der Waals surface area contributed by atoms with Crippen LogP contribution in [0.15, 0.2) is 34.8 Å². The fourth-order valence-electron chi connectivity index (χ4n) is 2.58. The standard InChI is InChI=1S/C20H25BrClFN2O2/c1-25(2)9-5-8-24-12-14-10-16(21)20(19(11-14)26-3)27-13-15-17(22)6-4-7-18(15)23/h4,6-7,10-11,24H,5,8-9,12-13H2,1-3H3. The van der Waals surface area contributed by atoms with Crippen molar-refractivity contribution in [2.75, 3.05) is 34.3 Å². The van der Waals surface area contributed by atoms with E-state index < -0.39 is 5.82 Å². The normalized spacial score (nSPS) is 11.1. The third-order valence-electron chi connectivity index (χ3n) is 4.00. The van der Waals surface area contributed by atoms with Gasteiger partial charge in [-0.3, -0.25) is 0 Å². The van der Waals surface area contributed by atoms with Crippen molar-refractivity contribution in [1.29, 1.82) is 0 Å². The molecule has 0 aliphatic carbocycles. The second-order valence-corrected chi connectivity index (χ2v) is 7.69. The first-order valence-electron chi connectivity index (χ1n) is 8.70. The average molecular weight is 460 g/mol. The predicted octanol–water partition coefficient (Wildman–Crippen LogP) is 4.87. The first-order valence-corrected chi connectivity index (χ1v) is 9.87. The second kappa shape index (κ2) is 10.9. The maximum Gasteiger partial charge on any atom is 0.175 e. The minimum absolute atomic E-state index is 0.0165. The lowest BCUT2D eigenvalue weighted by Gasteiger charge is -2.16. The van der Waals surface area contributed by atoms with Crippen LogP contribution in [0.25, 0.3) is 0 Å². The van der Waals surface area contributed by atoms with Gasteiger partial charge in [0.2, 0.25) is 0 Å². The van der Waals surface area contributed by atoms with E-state index >= 15 is 0 Å². The highest BCUT2D eigenvalue weighted by atomic mass is 79.9. The number of methoxy groups -OCH3 is 1. The summed E-state index contributed by atoms with van der Waals surface area (Å²) in [7, 11) is 5.71. The summed E-state index contributed by atoms with van der Waals surface area (Å²) in [6, 6.07) is 8.46. The first-order chi connectivity index (χ1) is 12.9. The van der Waals surface area contributed by atoms with Crippen molar-refractivity contribution in [3.05, 3.63) is 56.8 Å². The summed E-state index contributed by atoms with van der Waals surface area (Å²) in [5, 5.41) is 3.75. The average Bonchev–Trinajstić information content (AvgIpc) is 2.61. The van der Waals surface area contributed by atoms with Gasteiger partial charge in [0.25, 0.3) is 0 Å². The highest BCUT2D eigenvalue weighted by Gasteiger charge is 2.14. The summed E-state index contributed by atoms with van der Waals surface area (Å²) >= 11 is 9.59. The van der Waals surface area contributed by atoms with E-state index in [4.69, 9.17) is 21.1 Å². The number of rotatable bonds is 10. The molecule has 0 heterocycles. The molecule has 0 fully saturated rings. The van der Waals surface area contributed by atoms with Gasteiger partial charge in [0.05, 0.1) is 16.6 Å². The van der Waals surface area contributed by atoms with E-state index in [-0.39, 0.29) is 6.61 Å². The summed E-state index contributed by atoms with van der Waals surface area (Å²) in [6.45, 7) is 2.72. The lowest BCUT2D eigenvalue weighted by Crippen LogP contribution is -2.21. The smallest absolute Gasteiger partial charge is 0.175 e. The Labute approximate surface area is 173 Å². The molecule has 2 rings (SSSR count). The molecular weight excluding hydrogens is 435 g/mol. The number of ether oxygens (including phenoxy) is 2. The van der Waals surface area contributed by atoms with Crippen LogP contribution in [0.4, 0.5) is 4.39 Å². The van der Waals surface area contributed by atoms with Gasteiger partial charge in [-0.05, 0) is 79.4 Å². The van der Waals surface area contributed by atoms with Crippen LogP contribution in [-0.4, -0.2) is 39.2 Å². The Kier molecular flexibility index (Phi) is 8.83. The highest BCUT2D eigenvalue weighted by Crippen LogP contribution is 2.37. The van der Waals surface area contributed by atoms with Gasteiger partial charge in [-0.1, -0.05) is 17.7 Å². The quantitative estimate of drug-likeness (QED) is 0.514. The molecule has 2 aromatic rings. The van der Waals surface area contributed by atoms with Crippen molar-refractivity contribution in [2.24, 2.45) is 0 Å². The second-order valence-electron chi connectivity index (χ2n) is 6.43. The van der Waals surface area contributed by atoms with E-state index in [1.165, 1.54) is 6.07 Å². The van der Waals surface area contributed by atoms with Crippen LogP contribution in [0.2, 0.25) is 5.02 Å². The number of benzene rings is 2. The van der Waals surface area contributed by atoms with Gasteiger partial charge in [-0.2, -0.15) is 0 Å². The molecule has 2 aromatic carbocycles. The summed E-state index contributed by atoms with van der Waals surface area (Å²) in [5.74, 6) is 0.714. The molecule has 1 N–H and O–H groups in total. The Bertz CT molecular complexity index is 739. The Morgan fingerprint density at radius 1 is 1.26 bits per heavy atom. The highest BCUT2D eigenvalue weighted by molar-refractivity contribution is 9.10. The van der Waals surface area contributed by atoms with Gasteiger partial charge >= 0.3 is 0 Å². The molecule has 7 heteroatoms. The third kappa shape index (κ3) is 6.64. The van der Waals surface area contributed by atoms with Crippen molar-refractivity contribution in [2.45, 2.75) is 19.6 Å². The van der Waals surface area contributed by atoms with Crippen molar-refractivity contribution < 1.29 is 13.9 Å². The number of hydrogen-bond donors (Lipinski definition) is 1. The van der Waals surface area contributed by atoms with Crippen molar-refractivity contribution in [1.82, 2.24) is 10.2 Å². The summed E-state index contributed by atoms with van der Waals surface area (Å²) in [5.41, 5.74) is 1.39. The predicted molar refractivity (Wildman–Crippen MR) is 111 cm³/mol. The van der Waals surface area contributed by atoms with E-state index in [0.717, 1.165) is 36.1 Å². The van der Waals surface area contributed by atoms with E-state index in [9.17, 15) is 4.39 Å². The number of halogens is 3. The maximum atomic E-state index is 13.9. The zero-order valence-electron chi connectivity index (χ0n) is 15.8. The van der Waals surface area contributed by atoms with E-state index in [1.54, 1.807) is 19.2 Å². The maximum absolute atomic E-state index is 13.9. The largest absolute Gasteiger partial charge is 0.493 e. The van der Waals surface area contributed by atoms with Gasteiger partial charge < -0.3 is 19.7 Å². The van der Waals surface area contributed by atoms with E-state index in [2.05, 4.69) is 40.2 Å². The Morgan fingerprint density at radius 3 is 2.70 bits per heavy atom. The molecule has 0 spiro atoms. The monoisotopic (exact) mass is 458 g/mol. The molecule has 0 saturated carbocycles. The van der Waals surface area contributed by atoms with Crippen LogP contribution in [0.5, 0.6) is 11.5 Å². The first kappa shape index (κ1) is 22.0. The number of nitrogens with one attached hydrogen (secondary N) is 1. The lowest BCUT2D eigenvalue weighted by molar-refractivity contribution is 0.277. The fraction of sp³-hybridized carbons (Fsp3) is 0.400. The lowest BCUT2D eigenvalue weighted by atomic mass is 10.2. The molecule has 0 aromatic heterocycles. The third-order valence-corrected chi connectivity index (χ3v) is 4.94. The van der Waals surface area contributed by atoms with Crippen LogP contribution in [0.3, 0.4) is 0 Å². The van der Waals surface area contributed by atoms with Gasteiger partial charge in [0, 0.05) is 12.1 Å². The van der Waals surface area contributed by atoms with Gasteiger partial charge in [-0.15, -0.1) is 0 Å². The van der Waals surface area contributed by atoms with Crippen molar-refractivity contribution in [3.63, 3.8) is 0 Å². The number of hydrogen-bond acceptors (Lipinski definition) is 4. The van der Waals surface area contributed by atoms with Crippen LogP contribution >= 0.6 is 27.5 Å². The van der Waals surface area contributed by atoms with Crippen molar-refractivity contribution in [3.8, 4) is 11.5 Å². The van der Waals surface area contributed by atoms with Crippen LogP contribution < -0.4 is 14.8 Å². The van der Waals surface area contributed by atoms with E-state index in [0.29, 0.717) is 22.1 Å². The van der Waals surface area contributed by atoms with Gasteiger partial charge in [0.15, 0.2) is 11.5 Å². The SMILES string of the molecule is COc1cc(CNCCCN(C)C)cc(Br)c1OCc1c(F)cccc1Cl. The van der Waals surface area contributed by atoms with Crippen molar-refractivity contribution >= 4 is 27.5 Å². The molecular formula is C20H25BrClFN2O2. The molecule has 0 saturated heterocycles. The van der Waals surface area contributed by atoms with Crippen LogP contribution in [-0.2, 0) is 13.2 Å². The number of nitrogens with zero attached hydrogens (tertiary/aromatic N) is 1.